The first-order valence-electron chi connectivity index (χ1n) is 11.6. The Morgan fingerprint density at radius 2 is 1.79 bits per heavy atom. The quantitative estimate of drug-likeness (QED) is 0.567. The summed E-state index contributed by atoms with van der Waals surface area (Å²) >= 11 is 0. The molecule has 0 aromatic heterocycles. The van der Waals surface area contributed by atoms with E-state index >= 15 is 0 Å². The molecule has 33 heavy (non-hydrogen) atoms. The van der Waals surface area contributed by atoms with Crippen molar-refractivity contribution in [1.29, 1.82) is 0 Å². The minimum Gasteiger partial charge on any atom is -0.443 e. The van der Waals surface area contributed by atoms with Crippen LogP contribution < -0.4 is 10.2 Å². The third kappa shape index (κ3) is 5.84. The number of hydrogen-bond acceptors (Lipinski definition) is 3. The van der Waals surface area contributed by atoms with Gasteiger partial charge in [0, 0.05) is 18.2 Å². The molecule has 5 heteroatoms. The Balaban J connectivity index is 1.87. The molecule has 0 fully saturated rings. The number of nitrogens with one attached hydrogen (secondary N) is 1. The first-order valence-corrected chi connectivity index (χ1v) is 11.6. The van der Waals surface area contributed by atoms with Crippen LogP contribution in [0, 0.1) is 13.8 Å². The SMILES string of the molecule is C/C(=C\c1cc(C)c(-c2ccc3c(c2)CCN3C(=O)OC(C)(C)C)cc1C)C(=O)NC(C)C. The van der Waals surface area contributed by atoms with E-state index in [9.17, 15) is 9.59 Å². The van der Waals surface area contributed by atoms with Crippen LogP contribution in [0.5, 0.6) is 0 Å². The highest BCUT2D eigenvalue weighted by atomic mass is 16.6. The minimum atomic E-state index is -0.515. The second kappa shape index (κ2) is 9.42. The topological polar surface area (TPSA) is 58.6 Å². The van der Waals surface area contributed by atoms with E-state index in [2.05, 4.69) is 43.4 Å². The van der Waals surface area contributed by atoms with Crippen LogP contribution in [-0.2, 0) is 16.0 Å². The molecule has 0 aliphatic carbocycles. The van der Waals surface area contributed by atoms with Crippen LogP contribution in [0.25, 0.3) is 17.2 Å². The Morgan fingerprint density at radius 3 is 2.42 bits per heavy atom. The van der Waals surface area contributed by atoms with Crippen molar-refractivity contribution in [2.24, 2.45) is 0 Å². The number of ether oxygens (including phenoxy) is 1. The van der Waals surface area contributed by atoms with Crippen LogP contribution in [0.2, 0.25) is 0 Å². The summed E-state index contributed by atoms with van der Waals surface area (Å²) in [7, 11) is 0. The zero-order valence-electron chi connectivity index (χ0n) is 21.1. The van der Waals surface area contributed by atoms with Gasteiger partial charge >= 0.3 is 6.09 Å². The maximum Gasteiger partial charge on any atom is 0.414 e. The molecule has 1 aliphatic heterocycles. The lowest BCUT2D eigenvalue weighted by atomic mass is 9.93. The number of carbonyl (C=O) groups excluding carboxylic acids is 2. The lowest BCUT2D eigenvalue weighted by Gasteiger charge is -2.24. The Hall–Kier alpha value is -3.08. The number of rotatable bonds is 4. The van der Waals surface area contributed by atoms with Crippen LogP contribution in [0.4, 0.5) is 10.5 Å². The summed E-state index contributed by atoms with van der Waals surface area (Å²) in [5, 5.41) is 2.94. The summed E-state index contributed by atoms with van der Waals surface area (Å²) in [5.74, 6) is -0.0423. The highest BCUT2D eigenvalue weighted by molar-refractivity contribution is 5.97. The molecular formula is C28H36N2O3. The van der Waals surface area contributed by atoms with Gasteiger partial charge in [0.15, 0.2) is 0 Å². The molecule has 0 atom stereocenters. The Labute approximate surface area is 197 Å². The highest BCUT2D eigenvalue weighted by Gasteiger charge is 2.29. The molecule has 2 amide bonds. The van der Waals surface area contributed by atoms with Crippen molar-refractivity contribution in [3.8, 4) is 11.1 Å². The molecule has 0 spiro atoms. The number of carbonyl (C=O) groups is 2. The summed E-state index contributed by atoms with van der Waals surface area (Å²) in [5.41, 5.74) is 7.85. The van der Waals surface area contributed by atoms with Crippen molar-refractivity contribution >= 4 is 23.8 Å². The zero-order valence-corrected chi connectivity index (χ0v) is 21.1. The lowest BCUT2D eigenvalue weighted by molar-refractivity contribution is -0.117. The summed E-state index contributed by atoms with van der Waals surface area (Å²) in [6.45, 7) is 16.2. The van der Waals surface area contributed by atoms with E-state index in [0.717, 1.165) is 45.5 Å². The van der Waals surface area contributed by atoms with Crippen molar-refractivity contribution in [2.45, 2.75) is 73.5 Å². The Morgan fingerprint density at radius 1 is 1.09 bits per heavy atom. The monoisotopic (exact) mass is 448 g/mol. The van der Waals surface area contributed by atoms with Gasteiger partial charge in [0.1, 0.15) is 5.60 Å². The van der Waals surface area contributed by atoms with Gasteiger partial charge in [-0.15, -0.1) is 0 Å². The van der Waals surface area contributed by atoms with Crippen molar-refractivity contribution < 1.29 is 14.3 Å². The summed E-state index contributed by atoms with van der Waals surface area (Å²) in [4.78, 5) is 26.6. The summed E-state index contributed by atoms with van der Waals surface area (Å²) in [6, 6.07) is 10.7. The van der Waals surface area contributed by atoms with Gasteiger partial charge in [-0.05, 0) is 113 Å². The van der Waals surface area contributed by atoms with Gasteiger partial charge in [0.25, 0.3) is 0 Å². The number of nitrogens with zero attached hydrogens (tertiary/aromatic N) is 1. The molecule has 2 aromatic carbocycles. The molecule has 176 valence electrons. The Kier molecular flexibility index (Phi) is 7.01. The molecule has 0 unspecified atom stereocenters. The number of benzene rings is 2. The molecule has 1 aliphatic rings. The van der Waals surface area contributed by atoms with Gasteiger partial charge in [-0.1, -0.05) is 18.2 Å². The van der Waals surface area contributed by atoms with Crippen LogP contribution in [0.1, 0.15) is 63.8 Å². The van der Waals surface area contributed by atoms with E-state index in [-0.39, 0.29) is 18.0 Å². The van der Waals surface area contributed by atoms with Gasteiger partial charge in [0.2, 0.25) is 5.91 Å². The molecule has 0 saturated carbocycles. The van der Waals surface area contributed by atoms with E-state index in [1.54, 1.807) is 4.90 Å². The number of fused-ring (bicyclic) bond motifs is 1. The van der Waals surface area contributed by atoms with E-state index in [0.29, 0.717) is 12.1 Å². The number of aryl methyl sites for hydroxylation is 2. The minimum absolute atomic E-state index is 0.0423. The number of amides is 2. The molecule has 0 bridgehead atoms. The predicted octanol–water partition coefficient (Wildman–Crippen LogP) is 6.20. The normalized spacial score (nSPS) is 13.8. The fourth-order valence-corrected chi connectivity index (χ4v) is 4.06. The van der Waals surface area contributed by atoms with E-state index in [1.165, 1.54) is 0 Å². The van der Waals surface area contributed by atoms with Crippen molar-refractivity contribution in [1.82, 2.24) is 5.32 Å². The smallest absolute Gasteiger partial charge is 0.414 e. The maximum atomic E-state index is 12.6. The van der Waals surface area contributed by atoms with E-state index in [1.807, 2.05) is 53.7 Å². The average Bonchev–Trinajstić information content (AvgIpc) is 3.12. The van der Waals surface area contributed by atoms with Crippen LogP contribution >= 0.6 is 0 Å². The third-order valence-electron chi connectivity index (χ3n) is 5.66. The van der Waals surface area contributed by atoms with Gasteiger partial charge < -0.3 is 10.1 Å². The molecule has 0 radical (unpaired) electrons. The van der Waals surface area contributed by atoms with Crippen molar-refractivity contribution in [2.75, 3.05) is 11.4 Å². The van der Waals surface area contributed by atoms with E-state index < -0.39 is 5.60 Å². The maximum absolute atomic E-state index is 12.6. The fourth-order valence-electron chi connectivity index (χ4n) is 4.06. The third-order valence-corrected chi connectivity index (χ3v) is 5.66. The second-order valence-corrected chi connectivity index (χ2v) is 10.2. The molecule has 2 aromatic rings. The predicted molar refractivity (Wildman–Crippen MR) is 136 cm³/mol. The Bertz CT molecular complexity index is 1110. The second-order valence-electron chi connectivity index (χ2n) is 10.2. The van der Waals surface area contributed by atoms with Gasteiger partial charge in [-0.25, -0.2) is 4.79 Å². The molecule has 5 nitrogen and oxygen atoms in total. The first kappa shape index (κ1) is 24.6. The van der Waals surface area contributed by atoms with Gasteiger partial charge in [0.05, 0.1) is 5.69 Å². The van der Waals surface area contributed by atoms with Crippen molar-refractivity contribution in [3.05, 3.63) is 58.2 Å². The summed E-state index contributed by atoms with van der Waals surface area (Å²) < 4.78 is 5.56. The van der Waals surface area contributed by atoms with Gasteiger partial charge in [-0.3, -0.25) is 9.69 Å². The largest absolute Gasteiger partial charge is 0.443 e. The highest BCUT2D eigenvalue weighted by Crippen LogP contribution is 2.35. The van der Waals surface area contributed by atoms with Gasteiger partial charge in [-0.2, -0.15) is 0 Å². The molecule has 0 saturated heterocycles. The van der Waals surface area contributed by atoms with Crippen LogP contribution in [-0.4, -0.2) is 30.2 Å². The lowest BCUT2D eigenvalue weighted by Crippen LogP contribution is -2.35. The van der Waals surface area contributed by atoms with Crippen molar-refractivity contribution in [3.63, 3.8) is 0 Å². The first-order chi connectivity index (χ1) is 15.4. The molecule has 1 N–H and O–H groups in total. The average molecular weight is 449 g/mol. The van der Waals surface area contributed by atoms with E-state index in [4.69, 9.17) is 4.74 Å². The van der Waals surface area contributed by atoms with Crippen LogP contribution in [0.15, 0.2) is 35.9 Å². The number of anilines is 1. The molecular weight excluding hydrogens is 412 g/mol. The van der Waals surface area contributed by atoms with Crippen LogP contribution in [0.3, 0.4) is 0 Å². The summed E-state index contributed by atoms with van der Waals surface area (Å²) in [6.07, 6.45) is 2.46. The fraction of sp³-hybridized carbons (Fsp3) is 0.429. The molecule has 3 rings (SSSR count). The number of hydrogen-bond donors (Lipinski definition) is 1. The zero-order chi connectivity index (χ0) is 24.5. The molecule has 1 heterocycles. The standard InChI is InChI=1S/C28H36N2O3/c1-17(2)29-26(31)20(5)14-23-13-19(4)24(15-18(23)3)21-9-10-25-22(16-21)11-12-30(25)27(32)33-28(6,7)8/h9-10,13-17H,11-12H2,1-8H3,(H,29,31)/b20-14+.